The summed E-state index contributed by atoms with van der Waals surface area (Å²) < 4.78 is 17.5. The second-order valence-corrected chi connectivity index (χ2v) is 5.66. The molecule has 4 rings (SSSR count). The highest BCUT2D eigenvalue weighted by atomic mass is 79.9. The molecule has 19 heavy (non-hydrogen) atoms. The van der Waals surface area contributed by atoms with Crippen LogP contribution in [0.2, 0.25) is 0 Å². The molecule has 1 fully saturated rings. The summed E-state index contributed by atoms with van der Waals surface area (Å²) in [6.45, 7) is 0. The number of fused-ring (bicyclic) bond motifs is 3. The van der Waals surface area contributed by atoms with Crippen molar-refractivity contribution in [3.63, 3.8) is 0 Å². The molecule has 0 saturated heterocycles. The first kappa shape index (κ1) is 11.2. The predicted molar refractivity (Wildman–Crippen MR) is 72.9 cm³/mol. The van der Waals surface area contributed by atoms with E-state index < -0.39 is 0 Å². The summed E-state index contributed by atoms with van der Waals surface area (Å²) in [5.41, 5.74) is 1.83. The monoisotopic (exact) mass is 321 g/mol. The van der Waals surface area contributed by atoms with Gasteiger partial charge in [-0.1, -0.05) is 0 Å². The molecule has 6 heteroatoms. The number of hydrogen-bond acceptors (Lipinski definition) is 2. The maximum atomic E-state index is 13.8. The van der Waals surface area contributed by atoms with Crippen molar-refractivity contribution in [2.24, 2.45) is 0 Å². The van der Waals surface area contributed by atoms with Gasteiger partial charge in [-0.05, 0) is 34.8 Å². The van der Waals surface area contributed by atoms with Gasteiger partial charge in [0.05, 0.1) is 28.0 Å². The highest BCUT2D eigenvalue weighted by Gasteiger charge is 2.28. The molecule has 1 aliphatic carbocycles. The lowest BCUT2D eigenvalue weighted by Gasteiger charge is -2.12. The first-order chi connectivity index (χ1) is 9.16. The van der Waals surface area contributed by atoms with Gasteiger partial charge >= 0.3 is 0 Å². The highest BCUT2D eigenvalue weighted by molar-refractivity contribution is 9.10. The molecule has 4 nitrogen and oxygen atoms in total. The quantitative estimate of drug-likeness (QED) is 0.691. The number of halogens is 2. The van der Waals surface area contributed by atoms with Crippen LogP contribution in [0.3, 0.4) is 0 Å². The fourth-order valence-corrected chi connectivity index (χ4v) is 2.82. The van der Waals surface area contributed by atoms with Crippen LogP contribution in [0.1, 0.15) is 18.9 Å². The zero-order valence-corrected chi connectivity index (χ0v) is 11.4. The van der Waals surface area contributed by atoms with E-state index >= 15 is 0 Å². The summed E-state index contributed by atoms with van der Waals surface area (Å²) in [6.07, 6.45) is 5.06. The molecule has 2 aromatic heterocycles. The maximum Gasteiger partial charge on any atom is 0.277 e. The standard InChI is InChI=1S/C13H9BrFN3O/c14-8-3-11-10(4-9(8)15)17-6-16-5-12(17)13(19)18(11)7-1-2-7/h3-7H,1-2H2. The van der Waals surface area contributed by atoms with Gasteiger partial charge < -0.3 is 4.57 Å². The van der Waals surface area contributed by atoms with Crippen LogP contribution in [-0.4, -0.2) is 14.0 Å². The minimum atomic E-state index is -0.344. The van der Waals surface area contributed by atoms with Gasteiger partial charge in [0, 0.05) is 12.1 Å². The van der Waals surface area contributed by atoms with Crippen molar-refractivity contribution in [3.05, 3.63) is 45.3 Å². The molecule has 0 aliphatic heterocycles. The van der Waals surface area contributed by atoms with Gasteiger partial charge in [0.15, 0.2) is 0 Å². The summed E-state index contributed by atoms with van der Waals surface area (Å²) in [5.74, 6) is -0.344. The first-order valence-corrected chi connectivity index (χ1v) is 6.81. The molecular weight excluding hydrogens is 313 g/mol. The second kappa shape index (κ2) is 3.66. The zero-order valence-electron chi connectivity index (χ0n) is 9.81. The Morgan fingerprint density at radius 1 is 1.26 bits per heavy atom. The molecule has 0 spiro atoms. The van der Waals surface area contributed by atoms with Gasteiger partial charge in [-0.2, -0.15) is 0 Å². The third-order valence-electron chi connectivity index (χ3n) is 3.52. The van der Waals surface area contributed by atoms with E-state index in [2.05, 4.69) is 20.9 Å². The van der Waals surface area contributed by atoms with Crippen LogP contribution in [0.15, 0.2) is 33.9 Å². The van der Waals surface area contributed by atoms with Gasteiger partial charge in [0.2, 0.25) is 0 Å². The van der Waals surface area contributed by atoms with Crippen molar-refractivity contribution in [1.29, 1.82) is 0 Å². The van der Waals surface area contributed by atoms with Crippen LogP contribution in [0.4, 0.5) is 4.39 Å². The molecule has 0 radical (unpaired) electrons. The largest absolute Gasteiger partial charge is 0.302 e. The number of hydrogen-bond donors (Lipinski definition) is 0. The highest BCUT2D eigenvalue weighted by Crippen LogP contribution is 2.36. The van der Waals surface area contributed by atoms with Crippen LogP contribution in [-0.2, 0) is 0 Å². The van der Waals surface area contributed by atoms with E-state index in [-0.39, 0.29) is 17.4 Å². The van der Waals surface area contributed by atoms with Gasteiger partial charge in [-0.3, -0.25) is 9.20 Å². The molecule has 0 unspecified atom stereocenters. The van der Waals surface area contributed by atoms with E-state index in [9.17, 15) is 9.18 Å². The molecule has 96 valence electrons. The SMILES string of the molecule is O=c1c2cncn2c2cc(F)c(Br)cc2n1C1CC1. The minimum Gasteiger partial charge on any atom is -0.302 e. The number of imidazole rings is 1. The second-order valence-electron chi connectivity index (χ2n) is 4.81. The molecule has 0 atom stereocenters. The molecule has 1 aliphatic rings. The van der Waals surface area contributed by atoms with Crippen molar-refractivity contribution < 1.29 is 4.39 Å². The van der Waals surface area contributed by atoms with Gasteiger partial charge in [-0.15, -0.1) is 0 Å². The Morgan fingerprint density at radius 2 is 2.05 bits per heavy atom. The average molecular weight is 322 g/mol. The molecule has 3 aromatic rings. The molecule has 0 bridgehead atoms. The number of nitrogens with zero attached hydrogens (tertiary/aromatic N) is 3. The van der Waals surface area contributed by atoms with Gasteiger partial charge in [0.25, 0.3) is 5.56 Å². The molecule has 2 heterocycles. The summed E-state index contributed by atoms with van der Waals surface area (Å²) in [7, 11) is 0. The van der Waals surface area contributed by atoms with E-state index in [0.29, 0.717) is 15.5 Å². The Bertz CT molecular complexity index is 879. The number of rotatable bonds is 1. The van der Waals surface area contributed by atoms with Crippen LogP contribution in [0.25, 0.3) is 16.6 Å². The Morgan fingerprint density at radius 3 is 2.79 bits per heavy atom. The lowest BCUT2D eigenvalue weighted by molar-refractivity contribution is 0.621. The van der Waals surface area contributed by atoms with Crippen LogP contribution in [0, 0.1) is 5.82 Å². The number of aromatic nitrogens is 3. The van der Waals surface area contributed by atoms with Crippen molar-refractivity contribution in [2.75, 3.05) is 0 Å². The normalized spacial score (nSPS) is 15.5. The Balaban J connectivity index is 2.30. The van der Waals surface area contributed by atoms with Gasteiger partial charge in [0.1, 0.15) is 11.3 Å². The average Bonchev–Trinajstić information content (AvgIpc) is 3.08. The Hall–Kier alpha value is -1.69. The molecule has 0 amide bonds. The number of benzene rings is 1. The summed E-state index contributed by atoms with van der Waals surface area (Å²) in [5, 5.41) is 0. The van der Waals surface area contributed by atoms with Crippen molar-refractivity contribution in [3.8, 4) is 0 Å². The van der Waals surface area contributed by atoms with Gasteiger partial charge in [-0.25, -0.2) is 9.37 Å². The van der Waals surface area contributed by atoms with Crippen LogP contribution < -0.4 is 5.56 Å². The van der Waals surface area contributed by atoms with Crippen molar-refractivity contribution in [1.82, 2.24) is 14.0 Å². The Kier molecular flexibility index (Phi) is 2.15. The van der Waals surface area contributed by atoms with E-state index in [1.54, 1.807) is 21.4 Å². The van der Waals surface area contributed by atoms with Crippen LogP contribution >= 0.6 is 15.9 Å². The lowest BCUT2D eigenvalue weighted by Crippen LogP contribution is -2.21. The van der Waals surface area contributed by atoms with E-state index in [1.807, 2.05) is 0 Å². The summed E-state index contributed by atoms with van der Waals surface area (Å²) >= 11 is 3.18. The Labute approximate surface area is 115 Å². The fraction of sp³-hybridized carbons (Fsp3) is 0.231. The van der Waals surface area contributed by atoms with E-state index in [1.165, 1.54) is 12.3 Å². The molecule has 1 saturated carbocycles. The maximum absolute atomic E-state index is 13.8. The minimum absolute atomic E-state index is 0.0639. The predicted octanol–water partition coefficient (Wildman–Crippen LogP) is 2.89. The lowest BCUT2D eigenvalue weighted by atomic mass is 10.2. The summed E-state index contributed by atoms with van der Waals surface area (Å²) in [4.78, 5) is 16.5. The van der Waals surface area contributed by atoms with E-state index in [0.717, 1.165) is 18.4 Å². The van der Waals surface area contributed by atoms with Crippen LogP contribution in [0.5, 0.6) is 0 Å². The smallest absolute Gasteiger partial charge is 0.277 e. The van der Waals surface area contributed by atoms with Crippen molar-refractivity contribution in [2.45, 2.75) is 18.9 Å². The fourth-order valence-electron chi connectivity index (χ4n) is 2.49. The third-order valence-corrected chi connectivity index (χ3v) is 4.13. The summed E-state index contributed by atoms with van der Waals surface area (Å²) in [6, 6.07) is 3.34. The molecule has 1 aromatic carbocycles. The van der Waals surface area contributed by atoms with E-state index in [4.69, 9.17) is 0 Å². The topological polar surface area (TPSA) is 39.3 Å². The molecular formula is C13H9BrFN3O. The zero-order chi connectivity index (χ0) is 13.1. The molecule has 0 N–H and O–H groups in total. The first-order valence-electron chi connectivity index (χ1n) is 6.02. The third kappa shape index (κ3) is 1.49. The van der Waals surface area contributed by atoms with Crippen molar-refractivity contribution >= 4 is 32.5 Å².